The van der Waals surface area contributed by atoms with Gasteiger partial charge in [0.15, 0.2) is 0 Å². The Hall–Kier alpha value is -0.850. The predicted molar refractivity (Wildman–Crippen MR) is 63.9 cm³/mol. The van der Waals surface area contributed by atoms with Crippen LogP contribution in [0.4, 0.5) is 4.79 Å². The molecule has 0 radical (unpaired) electrons. The molecule has 0 aromatic rings. The summed E-state index contributed by atoms with van der Waals surface area (Å²) in [5.74, 6) is 4.37. The van der Waals surface area contributed by atoms with Crippen molar-refractivity contribution >= 4 is 6.09 Å². The summed E-state index contributed by atoms with van der Waals surface area (Å²) in [6.07, 6.45) is -0.693. The van der Waals surface area contributed by atoms with Gasteiger partial charge in [-0.2, -0.15) is 5.01 Å². The zero-order valence-electron chi connectivity index (χ0n) is 11.6. The highest BCUT2D eigenvalue weighted by atomic mass is 16.7. The van der Waals surface area contributed by atoms with Gasteiger partial charge in [0.25, 0.3) is 5.91 Å². The van der Waals surface area contributed by atoms with Gasteiger partial charge in [-0.25, -0.2) is 10.6 Å². The van der Waals surface area contributed by atoms with Crippen LogP contribution in [0.5, 0.6) is 0 Å². The molecule has 0 saturated carbocycles. The molecule has 0 aromatic heterocycles. The summed E-state index contributed by atoms with van der Waals surface area (Å²) in [5, 5.41) is 0.825. The van der Waals surface area contributed by atoms with Gasteiger partial charge in [0, 0.05) is 20.1 Å². The van der Waals surface area contributed by atoms with Crippen molar-refractivity contribution in [3.05, 3.63) is 0 Å². The molecular formula is C11H24N2O4. The quantitative estimate of drug-likeness (QED) is 0.348. The van der Waals surface area contributed by atoms with Crippen LogP contribution >= 0.6 is 0 Å². The Bertz CT molecular complexity index is 244. The lowest BCUT2D eigenvalue weighted by Gasteiger charge is -2.37. The number of rotatable bonds is 5. The van der Waals surface area contributed by atoms with Crippen molar-refractivity contribution in [1.82, 2.24) is 5.01 Å². The van der Waals surface area contributed by atoms with E-state index >= 15 is 0 Å². The zero-order valence-corrected chi connectivity index (χ0v) is 11.6. The van der Waals surface area contributed by atoms with Crippen molar-refractivity contribution in [3.8, 4) is 0 Å². The normalized spacial score (nSPS) is 12.4. The van der Waals surface area contributed by atoms with E-state index in [4.69, 9.17) is 20.1 Å². The third-order valence-electron chi connectivity index (χ3n) is 1.85. The van der Waals surface area contributed by atoms with E-state index < -0.39 is 17.6 Å². The minimum absolute atomic E-state index is 0.368. The van der Waals surface area contributed by atoms with E-state index in [1.807, 2.05) is 0 Å². The molecule has 6 heteroatoms. The second-order valence-corrected chi connectivity index (χ2v) is 4.61. The largest absolute Gasteiger partial charge is 0.443 e. The molecule has 1 amide bonds. The number of nitrogens with zero attached hydrogens (tertiary/aromatic N) is 1. The summed E-state index contributed by atoms with van der Waals surface area (Å²) in [4.78, 5) is 11.8. The third kappa shape index (κ3) is 5.34. The maximum absolute atomic E-state index is 11.8. The molecule has 0 rings (SSSR count). The van der Waals surface area contributed by atoms with E-state index in [0.717, 1.165) is 5.01 Å². The molecule has 0 aliphatic heterocycles. The molecule has 0 spiro atoms. The molecule has 0 unspecified atom stereocenters. The van der Waals surface area contributed by atoms with Gasteiger partial charge < -0.3 is 14.2 Å². The maximum atomic E-state index is 11.8. The summed E-state index contributed by atoms with van der Waals surface area (Å²) in [6, 6.07) is 0. The molecule has 0 fully saturated rings. The number of carbonyl (C=O) groups is 1. The van der Waals surface area contributed by atoms with Crippen LogP contribution in [0.3, 0.4) is 0 Å². The van der Waals surface area contributed by atoms with E-state index in [1.54, 1.807) is 41.5 Å². The first-order valence-corrected chi connectivity index (χ1v) is 5.72. The van der Waals surface area contributed by atoms with E-state index in [0.29, 0.717) is 13.2 Å². The lowest BCUT2D eigenvalue weighted by atomic mass is 10.2. The molecule has 6 nitrogen and oxygen atoms in total. The zero-order chi connectivity index (χ0) is 13.7. The Labute approximate surface area is 103 Å². The Kier molecular flexibility index (Phi) is 5.87. The summed E-state index contributed by atoms with van der Waals surface area (Å²) in [6.45, 7) is 11.2. The van der Waals surface area contributed by atoms with Crippen molar-refractivity contribution in [1.29, 1.82) is 0 Å². The molecule has 0 atom stereocenters. The SMILES string of the molecule is CCOC(C)(OCC)N(N)C(=O)OC(C)(C)C. The van der Waals surface area contributed by atoms with Crippen LogP contribution in [0, 0.1) is 0 Å². The van der Waals surface area contributed by atoms with E-state index in [2.05, 4.69) is 0 Å². The summed E-state index contributed by atoms with van der Waals surface area (Å²) < 4.78 is 15.8. The number of ether oxygens (including phenoxy) is 3. The van der Waals surface area contributed by atoms with Gasteiger partial charge in [-0.15, -0.1) is 0 Å². The van der Waals surface area contributed by atoms with Crippen molar-refractivity contribution in [2.24, 2.45) is 5.84 Å². The monoisotopic (exact) mass is 248 g/mol. The first-order chi connectivity index (χ1) is 7.66. The van der Waals surface area contributed by atoms with Crippen LogP contribution in [0.15, 0.2) is 0 Å². The van der Waals surface area contributed by atoms with Crippen LogP contribution < -0.4 is 5.84 Å². The number of hydrogen-bond acceptors (Lipinski definition) is 5. The molecule has 0 bridgehead atoms. The average molecular weight is 248 g/mol. The second kappa shape index (κ2) is 6.18. The number of hydrogen-bond donors (Lipinski definition) is 1. The van der Waals surface area contributed by atoms with Crippen molar-refractivity contribution in [3.63, 3.8) is 0 Å². The number of amides is 1. The Balaban J connectivity index is 4.71. The Morgan fingerprint density at radius 1 is 1.12 bits per heavy atom. The third-order valence-corrected chi connectivity index (χ3v) is 1.85. The van der Waals surface area contributed by atoms with Gasteiger partial charge in [0.2, 0.25) is 0 Å². The van der Waals surface area contributed by atoms with Gasteiger partial charge in [-0.1, -0.05) is 0 Å². The van der Waals surface area contributed by atoms with Gasteiger partial charge in [-0.3, -0.25) is 0 Å². The summed E-state index contributed by atoms with van der Waals surface area (Å²) >= 11 is 0. The molecule has 0 saturated heterocycles. The molecule has 0 heterocycles. The minimum atomic E-state index is -1.31. The van der Waals surface area contributed by atoms with Crippen LogP contribution in [0.1, 0.15) is 41.5 Å². The van der Waals surface area contributed by atoms with Gasteiger partial charge in [-0.05, 0) is 34.6 Å². The molecule has 17 heavy (non-hydrogen) atoms. The lowest BCUT2D eigenvalue weighted by Crippen LogP contribution is -2.58. The first-order valence-electron chi connectivity index (χ1n) is 5.72. The highest BCUT2D eigenvalue weighted by Gasteiger charge is 2.37. The fraction of sp³-hybridized carbons (Fsp3) is 0.909. The first kappa shape index (κ1) is 16.1. The standard InChI is InChI=1S/C11H24N2O4/c1-7-15-11(6,16-8-2)13(12)9(14)17-10(3,4)5/h7-8,12H2,1-6H3. The van der Waals surface area contributed by atoms with Crippen molar-refractivity contribution in [2.45, 2.75) is 53.1 Å². The summed E-state index contributed by atoms with van der Waals surface area (Å²) in [5.41, 5.74) is -0.617. The van der Waals surface area contributed by atoms with Crippen molar-refractivity contribution < 1.29 is 19.0 Å². The fourth-order valence-corrected chi connectivity index (χ4v) is 1.19. The molecule has 0 aromatic carbocycles. The number of nitrogens with two attached hydrogens (primary N) is 1. The van der Waals surface area contributed by atoms with E-state index in [9.17, 15) is 4.79 Å². The Morgan fingerprint density at radius 3 is 1.82 bits per heavy atom. The molecule has 0 aliphatic rings. The van der Waals surface area contributed by atoms with Crippen LogP contribution in [0.2, 0.25) is 0 Å². The van der Waals surface area contributed by atoms with Gasteiger partial charge in [0.1, 0.15) is 5.60 Å². The number of hydrazine groups is 1. The molecular weight excluding hydrogens is 224 g/mol. The highest BCUT2D eigenvalue weighted by Crippen LogP contribution is 2.18. The maximum Gasteiger partial charge on any atom is 0.429 e. The number of carbonyl (C=O) groups excluding carboxylic acids is 1. The average Bonchev–Trinajstić information content (AvgIpc) is 2.14. The van der Waals surface area contributed by atoms with Crippen LogP contribution in [0.25, 0.3) is 0 Å². The Morgan fingerprint density at radius 2 is 1.53 bits per heavy atom. The van der Waals surface area contributed by atoms with Crippen LogP contribution in [-0.2, 0) is 14.2 Å². The van der Waals surface area contributed by atoms with Gasteiger partial charge >= 0.3 is 6.09 Å². The lowest BCUT2D eigenvalue weighted by molar-refractivity contribution is -0.294. The second-order valence-electron chi connectivity index (χ2n) is 4.61. The fourth-order valence-electron chi connectivity index (χ4n) is 1.19. The minimum Gasteiger partial charge on any atom is -0.443 e. The predicted octanol–water partition coefficient (Wildman–Crippen LogP) is 1.84. The van der Waals surface area contributed by atoms with E-state index in [1.165, 1.54) is 0 Å². The molecule has 102 valence electrons. The topological polar surface area (TPSA) is 74.0 Å². The molecule has 0 aliphatic carbocycles. The van der Waals surface area contributed by atoms with E-state index in [-0.39, 0.29) is 0 Å². The van der Waals surface area contributed by atoms with Crippen molar-refractivity contribution in [2.75, 3.05) is 13.2 Å². The smallest absolute Gasteiger partial charge is 0.429 e. The highest BCUT2D eigenvalue weighted by molar-refractivity contribution is 5.67. The van der Waals surface area contributed by atoms with Gasteiger partial charge in [0.05, 0.1) is 0 Å². The molecule has 2 N–H and O–H groups in total. The van der Waals surface area contributed by atoms with Crippen LogP contribution in [-0.4, -0.2) is 35.8 Å². The summed E-state index contributed by atoms with van der Waals surface area (Å²) in [7, 11) is 0.